The average molecular weight is 527 g/mol. The molecule has 9 heteroatoms. The van der Waals surface area contributed by atoms with Crippen molar-refractivity contribution in [3.8, 4) is 0 Å². The number of hydrogen-bond donors (Lipinski definition) is 0. The number of rotatable bonds is 7. The van der Waals surface area contributed by atoms with Gasteiger partial charge >= 0.3 is 6.09 Å². The Morgan fingerprint density at radius 2 is 1.85 bits per heavy atom. The van der Waals surface area contributed by atoms with Gasteiger partial charge in [-0.1, -0.05) is 31.0 Å². The molecule has 190 valence electrons. The third-order valence-corrected chi connectivity index (χ3v) is 12.0. The van der Waals surface area contributed by atoms with Crippen LogP contribution < -0.4 is 0 Å². The maximum atomic E-state index is 12.1. The SMILES string of the molecule is CC(C)OC(=O)N1CCC(CCCC2(c3ccc4c(c3)CCN(S(C)(=O)=O)C4)SCCS2)CC1. The fourth-order valence-electron chi connectivity index (χ4n) is 5.26. The summed E-state index contributed by atoms with van der Waals surface area (Å²) in [5.41, 5.74) is 3.86. The van der Waals surface area contributed by atoms with E-state index in [9.17, 15) is 13.2 Å². The Kier molecular flexibility index (Phi) is 8.48. The van der Waals surface area contributed by atoms with E-state index in [4.69, 9.17) is 4.74 Å². The highest BCUT2D eigenvalue weighted by Crippen LogP contribution is 2.55. The molecular weight excluding hydrogens is 488 g/mol. The molecule has 4 rings (SSSR count). The van der Waals surface area contributed by atoms with E-state index in [0.29, 0.717) is 19.0 Å². The molecule has 1 amide bonds. The first-order chi connectivity index (χ1) is 16.2. The molecule has 6 nitrogen and oxygen atoms in total. The van der Waals surface area contributed by atoms with Gasteiger partial charge in [0.25, 0.3) is 0 Å². The fraction of sp³-hybridized carbons (Fsp3) is 0.720. The largest absolute Gasteiger partial charge is 0.447 e. The topological polar surface area (TPSA) is 66.9 Å². The number of benzene rings is 1. The Balaban J connectivity index is 1.33. The van der Waals surface area contributed by atoms with Crippen LogP contribution >= 0.6 is 23.5 Å². The molecule has 0 N–H and O–H groups in total. The van der Waals surface area contributed by atoms with Gasteiger partial charge in [0.1, 0.15) is 0 Å². The number of carbonyl (C=O) groups excluding carboxylic acids is 1. The average Bonchev–Trinajstić information content (AvgIpc) is 3.28. The summed E-state index contributed by atoms with van der Waals surface area (Å²) in [7, 11) is -3.15. The predicted molar refractivity (Wildman–Crippen MR) is 142 cm³/mol. The molecule has 0 saturated carbocycles. The van der Waals surface area contributed by atoms with Crippen LogP contribution in [-0.2, 0) is 31.8 Å². The molecule has 3 heterocycles. The molecule has 0 spiro atoms. The number of fused-ring (bicyclic) bond motifs is 1. The first kappa shape index (κ1) is 26.2. The highest BCUT2D eigenvalue weighted by Gasteiger charge is 2.38. The van der Waals surface area contributed by atoms with Crippen molar-refractivity contribution in [1.29, 1.82) is 0 Å². The molecule has 0 unspecified atom stereocenters. The lowest BCUT2D eigenvalue weighted by molar-refractivity contribution is 0.0646. The van der Waals surface area contributed by atoms with Crippen LogP contribution in [0.25, 0.3) is 0 Å². The monoisotopic (exact) mass is 526 g/mol. The number of piperidine rings is 1. The molecule has 1 aromatic rings. The zero-order valence-corrected chi connectivity index (χ0v) is 23.1. The van der Waals surface area contributed by atoms with Crippen LogP contribution in [0.4, 0.5) is 4.79 Å². The van der Waals surface area contributed by atoms with Gasteiger partial charge in [-0.2, -0.15) is 4.31 Å². The fourth-order valence-corrected chi connectivity index (χ4v) is 9.38. The van der Waals surface area contributed by atoms with E-state index in [2.05, 4.69) is 41.7 Å². The van der Waals surface area contributed by atoms with E-state index < -0.39 is 10.0 Å². The number of nitrogens with zero attached hydrogens (tertiary/aromatic N) is 2. The Bertz CT molecular complexity index is 968. The molecule has 0 atom stereocenters. The van der Waals surface area contributed by atoms with Gasteiger partial charge in [-0.15, -0.1) is 23.5 Å². The van der Waals surface area contributed by atoms with E-state index >= 15 is 0 Å². The summed E-state index contributed by atoms with van der Waals surface area (Å²) in [6, 6.07) is 6.77. The molecule has 3 aliphatic heterocycles. The van der Waals surface area contributed by atoms with Crippen LogP contribution in [-0.4, -0.2) is 67.2 Å². The normalized spacial score (nSPS) is 21.6. The van der Waals surface area contributed by atoms with Gasteiger partial charge in [-0.3, -0.25) is 0 Å². The minimum absolute atomic E-state index is 0.0648. The van der Waals surface area contributed by atoms with Crippen LogP contribution in [0.5, 0.6) is 0 Å². The third kappa shape index (κ3) is 6.26. The molecule has 0 aromatic heterocycles. The van der Waals surface area contributed by atoms with E-state index in [-0.39, 0.29) is 16.3 Å². The summed E-state index contributed by atoms with van der Waals surface area (Å²) in [6.45, 7) is 6.47. The Hall–Kier alpha value is -0.900. The van der Waals surface area contributed by atoms with Crippen LogP contribution in [0.2, 0.25) is 0 Å². The van der Waals surface area contributed by atoms with Gasteiger partial charge in [0.2, 0.25) is 10.0 Å². The molecular formula is C25H38N2O4S3. The first-order valence-electron chi connectivity index (χ1n) is 12.5. The van der Waals surface area contributed by atoms with Gasteiger partial charge in [-0.25, -0.2) is 13.2 Å². The minimum atomic E-state index is -3.15. The third-order valence-electron chi connectivity index (χ3n) is 7.17. The van der Waals surface area contributed by atoms with Crippen LogP contribution in [0.15, 0.2) is 18.2 Å². The number of ether oxygens (including phenoxy) is 1. The van der Waals surface area contributed by atoms with E-state index in [1.165, 1.54) is 41.7 Å². The first-order valence-corrected chi connectivity index (χ1v) is 16.3. The van der Waals surface area contributed by atoms with Crippen molar-refractivity contribution >= 4 is 39.6 Å². The van der Waals surface area contributed by atoms with Gasteiger partial charge in [-0.05, 0) is 62.1 Å². The van der Waals surface area contributed by atoms with Gasteiger partial charge in [0, 0.05) is 37.7 Å². The Morgan fingerprint density at radius 3 is 2.50 bits per heavy atom. The zero-order valence-electron chi connectivity index (χ0n) is 20.6. The van der Waals surface area contributed by atoms with Crippen LogP contribution in [0, 0.1) is 5.92 Å². The molecule has 0 aliphatic carbocycles. The number of carbonyl (C=O) groups is 1. The lowest BCUT2D eigenvalue weighted by Crippen LogP contribution is -2.39. The second-order valence-electron chi connectivity index (χ2n) is 10.0. The smallest absolute Gasteiger partial charge is 0.410 e. The second kappa shape index (κ2) is 11.0. The molecule has 1 aromatic carbocycles. The number of thioether (sulfide) groups is 2. The number of sulfonamides is 1. The number of hydrogen-bond acceptors (Lipinski definition) is 6. The van der Waals surface area contributed by atoms with Crippen molar-refractivity contribution < 1.29 is 17.9 Å². The summed E-state index contributed by atoms with van der Waals surface area (Å²) in [4.78, 5) is 14.0. The van der Waals surface area contributed by atoms with Crippen LogP contribution in [0.1, 0.15) is 62.6 Å². The number of amides is 1. The molecule has 0 radical (unpaired) electrons. The lowest BCUT2D eigenvalue weighted by Gasteiger charge is -2.34. The minimum Gasteiger partial charge on any atom is -0.447 e. The molecule has 0 bridgehead atoms. The zero-order chi connectivity index (χ0) is 24.3. The Morgan fingerprint density at radius 1 is 1.15 bits per heavy atom. The van der Waals surface area contributed by atoms with Gasteiger partial charge in [0.15, 0.2) is 0 Å². The van der Waals surface area contributed by atoms with Crippen molar-refractivity contribution in [2.24, 2.45) is 5.92 Å². The van der Waals surface area contributed by atoms with Crippen molar-refractivity contribution in [3.63, 3.8) is 0 Å². The second-order valence-corrected chi connectivity index (χ2v) is 15.1. The van der Waals surface area contributed by atoms with Crippen molar-refractivity contribution in [2.45, 2.75) is 69.1 Å². The van der Waals surface area contributed by atoms with Gasteiger partial charge in [0.05, 0.1) is 16.4 Å². The summed E-state index contributed by atoms with van der Waals surface area (Å²) in [5.74, 6) is 3.04. The lowest BCUT2D eigenvalue weighted by atomic mass is 9.90. The molecule has 2 fully saturated rings. The van der Waals surface area contributed by atoms with Gasteiger partial charge < -0.3 is 9.64 Å². The van der Waals surface area contributed by atoms with Crippen molar-refractivity contribution in [2.75, 3.05) is 37.4 Å². The maximum Gasteiger partial charge on any atom is 0.410 e. The quantitative estimate of drug-likeness (QED) is 0.495. The molecule has 34 heavy (non-hydrogen) atoms. The standard InChI is InChI=1S/C25H38N2O4S3/c1-19(2)31-24(28)26-12-8-20(9-13-26)5-4-11-25(32-15-16-33-25)23-7-6-22-18-27(34(3,29)30)14-10-21(22)17-23/h6-7,17,19-20H,4-5,8-16,18H2,1-3H3. The highest BCUT2D eigenvalue weighted by atomic mass is 32.2. The number of likely N-dealkylation sites (tertiary alicyclic amines) is 1. The van der Waals surface area contributed by atoms with Crippen molar-refractivity contribution in [3.05, 3.63) is 34.9 Å². The van der Waals surface area contributed by atoms with Crippen molar-refractivity contribution in [1.82, 2.24) is 9.21 Å². The summed E-state index contributed by atoms with van der Waals surface area (Å²) >= 11 is 4.16. The Labute approximate surface area is 213 Å². The predicted octanol–water partition coefficient (Wildman–Crippen LogP) is 5.06. The molecule has 2 saturated heterocycles. The van der Waals surface area contributed by atoms with Crippen LogP contribution in [0.3, 0.4) is 0 Å². The highest BCUT2D eigenvalue weighted by molar-refractivity contribution is 8.20. The summed E-state index contributed by atoms with van der Waals surface area (Å²) in [6.07, 6.45) is 7.56. The maximum absolute atomic E-state index is 12.1. The van der Waals surface area contributed by atoms with E-state index in [1.54, 1.807) is 4.31 Å². The van der Waals surface area contributed by atoms with E-state index in [1.807, 2.05) is 18.7 Å². The summed E-state index contributed by atoms with van der Waals surface area (Å²) in [5, 5.41) is 0. The van der Waals surface area contributed by atoms with E-state index in [0.717, 1.165) is 44.3 Å². The summed E-state index contributed by atoms with van der Waals surface area (Å²) < 4.78 is 31.0. The molecule has 3 aliphatic rings.